The number of aromatic amines is 1. The Bertz CT molecular complexity index is 840. The lowest BCUT2D eigenvalue weighted by molar-refractivity contribution is -0.0881. The molecule has 0 aromatic carbocycles. The molecule has 2 aliphatic heterocycles. The summed E-state index contributed by atoms with van der Waals surface area (Å²) >= 11 is 0. The highest BCUT2D eigenvalue weighted by Crippen LogP contribution is 2.38. The van der Waals surface area contributed by atoms with Crippen molar-refractivity contribution in [3.63, 3.8) is 0 Å². The molecule has 0 spiro atoms. The second-order valence-electron chi connectivity index (χ2n) is 7.79. The smallest absolute Gasteiger partial charge is 0.272 e. The van der Waals surface area contributed by atoms with Gasteiger partial charge in [-0.2, -0.15) is 0 Å². The number of nitrogens with zero attached hydrogens (tertiary/aromatic N) is 4. The van der Waals surface area contributed by atoms with E-state index in [9.17, 15) is 4.79 Å². The quantitative estimate of drug-likeness (QED) is 0.885. The van der Waals surface area contributed by atoms with Crippen LogP contribution in [0.4, 0.5) is 0 Å². The topological polar surface area (TPSA) is 65.9 Å². The second kappa shape index (κ2) is 5.93. The minimum absolute atomic E-state index is 0.0402. The second-order valence-corrected chi connectivity index (χ2v) is 7.79. The van der Waals surface area contributed by atoms with Gasteiger partial charge in [-0.25, -0.2) is 9.50 Å². The highest BCUT2D eigenvalue weighted by Gasteiger charge is 2.42. The van der Waals surface area contributed by atoms with E-state index in [2.05, 4.69) is 19.9 Å². The van der Waals surface area contributed by atoms with E-state index in [1.165, 1.54) is 17.4 Å². The fraction of sp³-hybridized carbons (Fsp3) is 0.667. The molecule has 0 unspecified atom stereocenters. The van der Waals surface area contributed by atoms with Gasteiger partial charge in [-0.3, -0.25) is 19.7 Å². The number of hydrogen-bond donors (Lipinski definition) is 1. The summed E-state index contributed by atoms with van der Waals surface area (Å²) in [4.78, 5) is 22.0. The molecule has 25 heavy (non-hydrogen) atoms. The van der Waals surface area contributed by atoms with Crippen molar-refractivity contribution in [3.05, 3.63) is 33.9 Å². The number of ether oxygens (including phenoxy) is 1. The molecule has 134 valence electrons. The van der Waals surface area contributed by atoms with Crippen LogP contribution in [0.2, 0.25) is 0 Å². The van der Waals surface area contributed by atoms with Crippen LogP contribution in [0.3, 0.4) is 0 Å². The van der Waals surface area contributed by atoms with Gasteiger partial charge in [0.1, 0.15) is 0 Å². The molecule has 1 aliphatic carbocycles. The Balaban J connectivity index is 1.31. The summed E-state index contributed by atoms with van der Waals surface area (Å²) in [5.41, 5.74) is 2.46. The van der Waals surface area contributed by atoms with Gasteiger partial charge in [-0.1, -0.05) is 0 Å². The first-order valence-corrected chi connectivity index (χ1v) is 9.31. The van der Waals surface area contributed by atoms with Crippen LogP contribution >= 0.6 is 0 Å². The zero-order valence-corrected chi connectivity index (χ0v) is 14.6. The average Bonchev–Trinajstić information content (AvgIpc) is 3.36. The summed E-state index contributed by atoms with van der Waals surface area (Å²) in [5, 5.41) is 3.02. The van der Waals surface area contributed by atoms with E-state index >= 15 is 0 Å². The van der Waals surface area contributed by atoms with Crippen LogP contribution in [0.5, 0.6) is 0 Å². The monoisotopic (exact) mass is 343 g/mol. The van der Waals surface area contributed by atoms with Crippen molar-refractivity contribution < 1.29 is 4.74 Å². The standard InChI is InChI=1S/C18H25N5O2/c1-12-6-17-19-14(7-18(24)23(17)20-12)8-21-4-5-22-15(9-21)10-25-11-16(22)13-2-3-13/h6-7,13,15-16,20H,2-5,8-11H2,1H3/t15-,16-/m1/s1. The van der Waals surface area contributed by atoms with Crippen LogP contribution < -0.4 is 5.56 Å². The van der Waals surface area contributed by atoms with Crippen molar-refractivity contribution in [2.75, 3.05) is 32.8 Å². The van der Waals surface area contributed by atoms with Gasteiger partial charge in [0.15, 0.2) is 5.65 Å². The molecule has 0 radical (unpaired) electrons. The Hall–Kier alpha value is -1.70. The first-order chi connectivity index (χ1) is 12.2. The van der Waals surface area contributed by atoms with Gasteiger partial charge < -0.3 is 4.74 Å². The molecular formula is C18H25N5O2. The van der Waals surface area contributed by atoms with E-state index < -0.39 is 0 Å². The maximum Gasteiger partial charge on any atom is 0.272 e. The molecule has 3 fully saturated rings. The Labute approximate surface area is 146 Å². The van der Waals surface area contributed by atoms with Crippen LogP contribution in [0.1, 0.15) is 24.2 Å². The fourth-order valence-corrected chi connectivity index (χ4v) is 4.44. The zero-order chi connectivity index (χ0) is 17.0. The van der Waals surface area contributed by atoms with Crippen LogP contribution in [-0.4, -0.2) is 69.3 Å². The van der Waals surface area contributed by atoms with Crippen molar-refractivity contribution in [3.8, 4) is 0 Å². The molecule has 2 saturated heterocycles. The molecule has 7 nitrogen and oxygen atoms in total. The van der Waals surface area contributed by atoms with Crippen molar-refractivity contribution in [2.24, 2.45) is 5.92 Å². The molecule has 0 amide bonds. The van der Waals surface area contributed by atoms with Crippen molar-refractivity contribution in [2.45, 2.75) is 38.4 Å². The Kier molecular flexibility index (Phi) is 3.69. The molecule has 2 atom stereocenters. The summed E-state index contributed by atoms with van der Waals surface area (Å²) in [5.74, 6) is 0.857. The number of morpholine rings is 1. The van der Waals surface area contributed by atoms with Gasteiger partial charge in [-0.15, -0.1) is 0 Å². The molecule has 1 saturated carbocycles. The van der Waals surface area contributed by atoms with Gasteiger partial charge in [0.25, 0.3) is 5.56 Å². The third-order valence-electron chi connectivity index (χ3n) is 5.82. The van der Waals surface area contributed by atoms with Crippen molar-refractivity contribution in [1.29, 1.82) is 0 Å². The summed E-state index contributed by atoms with van der Waals surface area (Å²) in [6, 6.07) is 4.67. The number of piperazine rings is 1. The summed E-state index contributed by atoms with van der Waals surface area (Å²) < 4.78 is 7.40. The highest BCUT2D eigenvalue weighted by atomic mass is 16.5. The molecule has 3 aliphatic rings. The van der Waals surface area contributed by atoms with Crippen molar-refractivity contribution in [1.82, 2.24) is 24.4 Å². The number of rotatable bonds is 3. The summed E-state index contributed by atoms with van der Waals surface area (Å²) in [6.07, 6.45) is 2.73. The Morgan fingerprint density at radius 2 is 2.16 bits per heavy atom. The summed E-state index contributed by atoms with van der Waals surface area (Å²) in [7, 11) is 0. The van der Waals surface area contributed by atoms with Crippen LogP contribution in [0.25, 0.3) is 5.65 Å². The van der Waals surface area contributed by atoms with Crippen LogP contribution in [0, 0.1) is 12.8 Å². The number of fused-ring (bicyclic) bond motifs is 2. The summed E-state index contributed by atoms with van der Waals surface area (Å²) in [6.45, 7) is 7.53. The number of nitrogens with one attached hydrogen (secondary N) is 1. The van der Waals surface area contributed by atoms with E-state index in [-0.39, 0.29) is 5.56 Å². The van der Waals surface area contributed by atoms with E-state index in [4.69, 9.17) is 4.74 Å². The number of aryl methyl sites for hydroxylation is 1. The molecule has 4 heterocycles. The molecule has 0 bridgehead atoms. The largest absolute Gasteiger partial charge is 0.378 e. The van der Waals surface area contributed by atoms with Crippen LogP contribution in [-0.2, 0) is 11.3 Å². The number of H-pyrrole nitrogens is 1. The first kappa shape index (κ1) is 15.5. The van der Waals surface area contributed by atoms with Gasteiger partial charge >= 0.3 is 0 Å². The van der Waals surface area contributed by atoms with E-state index in [0.717, 1.165) is 56.7 Å². The van der Waals surface area contributed by atoms with Crippen LogP contribution in [0.15, 0.2) is 16.9 Å². The van der Waals surface area contributed by atoms with E-state index in [1.807, 2.05) is 13.0 Å². The Morgan fingerprint density at radius 1 is 1.28 bits per heavy atom. The molecule has 2 aromatic heterocycles. The van der Waals surface area contributed by atoms with Gasteiger partial charge in [0.2, 0.25) is 0 Å². The maximum absolute atomic E-state index is 12.3. The van der Waals surface area contributed by atoms with E-state index in [0.29, 0.717) is 17.7 Å². The predicted octanol–water partition coefficient (Wildman–Crippen LogP) is 0.626. The molecule has 1 N–H and O–H groups in total. The van der Waals surface area contributed by atoms with Gasteiger partial charge in [0, 0.05) is 56.1 Å². The normalized spacial score (nSPS) is 28.4. The number of aromatic nitrogens is 3. The Morgan fingerprint density at radius 3 is 3.00 bits per heavy atom. The highest BCUT2D eigenvalue weighted by molar-refractivity contribution is 5.39. The van der Waals surface area contributed by atoms with Crippen molar-refractivity contribution >= 4 is 5.65 Å². The molecule has 7 heteroatoms. The third-order valence-corrected chi connectivity index (χ3v) is 5.82. The van der Waals surface area contributed by atoms with Gasteiger partial charge in [0.05, 0.1) is 18.9 Å². The first-order valence-electron chi connectivity index (χ1n) is 9.31. The van der Waals surface area contributed by atoms with Gasteiger partial charge in [-0.05, 0) is 25.7 Å². The number of hydrogen-bond acceptors (Lipinski definition) is 5. The fourth-order valence-electron chi connectivity index (χ4n) is 4.44. The molecule has 5 rings (SSSR count). The minimum Gasteiger partial charge on any atom is -0.378 e. The third kappa shape index (κ3) is 2.90. The molecular weight excluding hydrogens is 318 g/mol. The lowest BCUT2D eigenvalue weighted by Gasteiger charge is -2.48. The SMILES string of the molecule is Cc1cc2nc(CN3CCN4[C@@H](COC[C@@H]4C4CC4)C3)cc(=O)n2[nH]1. The van der Waals surface area contributed by atoms with E-state index in [1.54, 1.807) is 6.07 Å². The maximum atomic E-state index is 12.3. The molecule has 2 aromatic rings. The minimum atomic E-state index is -0.0402. The lowest BCUT2D eigenvalue weighted by atomic mass is 10.0. The predicted molar refractivity (Wildman–Crippen MR) is 93.7 cm³/mol. The lowest BCUT2D eigenvalue weighted by Crippen LogP contribution is -2.62. The zero-order valence-electron chi connectivity index (χ0n) is 14.6. The average molecular weight is 343 g/mol.